The molecule has 0 spiro atoms. The fourth-order valence-electron chi connectivity index (χ4n) is 4.02. The zero-order valence-electron chi connectivity index (χ0n) is 18.1. The molecule has 0 aliphatic heterocycles. The first kappa shape index (κ1) is 20.5. The SMILES string of the molecule is CC(C)(C)c1ccc(-c2cc(-c3ccc(Cl)cc3)nc3c(=O)oc4ccccc4c23)cc1. The summed E-state index contributed by atoms with van der Waals surface area (Å²) >= 11 is 6.08. The molecule has 158 valence electrons. The van der Waals surface area contributed by atoms with Gasteiger partial charge in [0.1, 0.15) is 5.58 Å². The summed E-state index contributed by atoms with van der Waals surface area (Å²) in [5.74, 6) is 0. The Labute approximate surface area is 191 Å². The number of fused-ring (bicyclic) bond motifs is 3. The van der Waals surface area contributed by atoms with Crippen molar-refractivity contribution in [2.24, 2.45) is 0 Å². The molecule has 0 N–H and O–H groups in total. The summed E-state index contributed by atoms with van der Waals surface area (Å²) in [5.41, 5.74) is 5.30. The van der Waals surface area contributed by atoms with Gasteiger partial charge in [-0.05, 0) is 46.4 Å². The van der Waals surface area contributed by atoms with Crippen molar-refractivity contribution >= 4 is 33.5 Å². The van der Waals surface area contributed by atoms with Gasteiger partial charge in [-0.1, -0.05) is 87.0 Å². The van der Waals surface area contributed by atoms with Crippen LogP contribution in [0.25, 0.3) is 44.3 Å². The first-order valence-corrected chi connectivity index (χ1v) is 10.9. The molecule has 0 radical (unpaired) electrons. The van der Waals surface area contributed by atoms with Crippen molar-refractivity contribution < 1.29 is 4.42 Å². The molecule has 32 heavy (non-hydrogen) atoms. The van der Waals surface area contributed by atoms with Crippen LogP contribution in [0.2, 0.25) is 5.02 Å². The van der Waals surface area contributed by atoms with E-state index in [9.17, 15) is 4.79 Å². The maximum absolute atomic E-state index is 12.9. The van der Waals surface area contributed by atoms with Gasteiger partial charge in [0.05, 0.1) is 5.69 Å². The third-order valence-electron chi connectivity index (χ3n) is 5.77. The van der Waals surface area contributed by atoms with Gasteiger partial charge in [0.15, 0.2) is 5.52 Å². The molecule has 5 aromatic rings. The molecule has 0 fully saturated rings. The fraction of sp³-hybridized carbons (Fsp3) is 0.143. The average molecular weight is 440 g/mol. The largest absolute Gasteiger partial charge is 0.421 e. The predicted octanol–water partition coefficient (Wildman–Crippen LogP) is 7.63. The minimum atomic E-state index is -0.443. The summed E-state index contributed by atoms with van der Waals surface area (Å²) in [5, 5.41) is 2.32. The van der Waals surface area contributed by atoms with Crippen LogP contribution in [0.3, 0.4) is 0 Å². The van der Waals surface area contributed by atoms with Crippen LogP contribution in [0.5, 0.6) is 0 Å². The molecule has 0 saturated heterocycles. The molecule has 4 heteroatoms. The van der Waals surface area contributed by atoms with E-state index in [1.54, 1.807) is 0 Å². The van der Waals surface area contributed by atoms with Gasteiger partial charge in [-0.3, -0.25) is 0 Å². The number of hydrogen-bond acceptors (Lipinski definition) is 3. The second-order valence-electron chi connectivity index (χ2n) is 9.00. The van der Waals surface area contributed by atoms with E-state index in [0.29, 0.717) is 21.8 Å². The Morgan fingerprint density at radius 2 is 1.50 bits per heavy atom. The molecule has 0 aliphatic carbocycles. The lowest BCUT2D eigenvalue weighted by atomic mass is 9.86. The summed E-state index contributed by atoms with van der Waals surface area (Å²) in [6.45, 7) is 6.59. The van der Waals surface area contributed by atoms with Crippen molar-refractivity contribution in [1.29, 1.82) is 0 Å². The Morgan fingerprint density at radius 1 is 0.844 bits per heavy atom. The maximum atomic E-state index is 12.9. The lowest BCUT2D eigenvalue weighted by Gasteiger charge is -2.19. The first-order chi connectivity index (χ1) is 15.3. The van der Waals surface area contributed by atoms with Gasteiger partial charge in [0.2, 0.25) is 0 Å². The summed E-state index contributed by atoms with van der Waals surface area (Å²) in [6.07, 6.45) is 0. The Morgan fingerprint density at radius 3 is 2.19 bits per heavy atom. The number of para-hydroxylation sites is 1. The fourth-order valence-corrected chi connectivity index (χ4v) is 4.15. The van der Waals surface area contributed by atoms with E-state index in [0.717, 1.165) is 27.5 Å². The smallest absolute Gasteiger partial charge is 0.363 e. The van der Waals surface area contributed by atoms with Crippen LogP contribution in [-0.4, -0.2) is 4.98 Å². The molecule has 0 unspecified atom stereocenters. The van der Waals surface area contributed by atoms with Crippen molar-refractivity contribution in [2.45, 2.75) is 26.2 Å². The molecule has 0 saturated carbocycles. The van der Waals surface area contributed by atoms with E-state index >= 15 is 0 Å². The quantitative estimate of drug-likeness (QED) is 0.210. The van der Waals surface area contributed by atoms with Crippen molar-refractivity contribution in [3.8, 4) is 22.4 Å². The summed E-state index contributed by atoms with van der Waals surface area (Å²) in [4.78, 5) is 17.7. The Balaban J connectivity index is 1.86. The minimum absolute atomic E-state index is 0.0566. The number of nitrogens with zero attached hydrogens (tertiary/aromatic N) is 1. The van der Waals surface area contributed by atoms with E-state index in [2.05, 4.69) is 45.0 Å². The number of hydrogen-bond donors (Lipinski definition) is 0. The van der Waals surface area contributed by atoms with Crippen LogP contribution in [0.4, 0.5) is 0 Å². The topological polar surface area (TPSA) is 43.1 Å². The molecule has 0 atom stereocenters. The van der Waals surface area contributed by atoms with Crippen LogP contribution in [0.1, 0.15) is 26.3 Å². The second-order valence-corrected chi connectivity index (χ2v) is 9.44. The molecule has 3 nitrogen and oxygen atoms in total. The van der Waals surface area contributed by atoms with Gasteiger partial charge in [-0.2, -0.15) is 0 Å². The van der Waals surface area contributed by atoms with Crippen LogP contribution >= 0.6 is 11.6 Å². The lowest BCUT2D eigenvalue weighted by molar-refractivity contribution is 0.568. The third kappa shape index (κ3) is 3.59. The molecule has 0 amide bonds. The van der Waals surface area contributed by atoms with Gasteiger partial charge < -0.3 is 4.42 Å². The Bertz CT molecular complexity index is 1510. The number of pyridine rings is 1. The van der Waals surface area contributed by atoms with Crippen molar-refractivity contribution in [3.05, 3.63) is 99.9 Å². The van der Waals surface area contributed by atoms with Crippen molar-refractivity contribution in [1.82, 2.24) is 4.98 Å². The molecule has 0 aliphatic rings. The summed E-state index contributed by atoms with van der Waals surface area (Å²) in [7, 11) is 0. The van der Waals surface area contributed by atoms with Crippen molar-refractivity contribution in [3.63, 3.8) is 0 Å². The highest BCUT2D eigenvalue weighted by molar-refractivity contribution is 6.30. The lowest BCUT2D eigenvalue weighted by Crippen LogP contribution is -2.10. The van der Waals surface area contributed by atoms with Gasteiger partial charge in [-0.25, -0.2) is 9.78 Å². The number of benzene rings is 3. The molecule has 5 rings (SSSR count). The number of rotatable bonds is 2. The highest BCUT2D eigenvalue weighted by Gasteiger charge is 2.18. The average Bonchev–Trinajstić information content (AvgIpc) is 2.78. The standard InChI is InChI=1S/C28H22ClNO2/c1-28(2,3)19-12-8-17(9-13-19)22-16-23(18-10-14-20(29)15-11-18)30-26-25(22)21-6-4-5-7-24(21)32-27(26)31/h4-16H,1-3H3. The molecular weight excluding hydrogens is 418 g/mol. The second kappa shape index (κ2) is 7.61. The van der Waals surface area contributed by atoms with Gasteiger partial charge >= 0.3 is 5.63 Å². The van der Waals surface area contributed by atoms with Crippen LogP contribution in [-0.2, 0) is 5.41 Å². The zero-order chi connectivity index (χ0) is 22.5. The van der Waals surface area contributed by atoms with E-state index in [-0.39, 0.29) is 5.41 Å². The Hall–Kier alpha value is -3.43. The van der Waals surface area contributed by atoms with Crippen LogP contribution in [0, 0.1) is 0 Å². The Kier molecular flexibility index (Phi) is 4.87. The molecule has 2 heterocycles. The van der Waals surface area contributed by atoms with E-state index in [1.807, 2.05) is 54.6 Å². The van der Waals surface area contributed by atoms with Gasteiger partial charge in [-0.15, -0.1) is 0 Å². The predicted molar refractivity (Wildman–Crippen MR) is 132 cm³/mol. The summed E-state index contributed by atoms with van der Waals surface area (Å²) < 4.78 is 5.60. The molecule has 3 aromatic carbocycles. The maximum Gasteiger partial charge on any atom is 0.363 e. The third-order valence-corrected chi connectivity index (χ3v) is 6.03. The van der Waals surface area contributed by atoms with E-state index in [4.69, 9.17) is 21.0 Å². The molecule has 0 bridgehead atoms. The highest BCUT2D eigenvalue weighted by atomic mass is 35.5. The molecule has 2 aromatic heterocycles. The van der Waals surface area contributed by atoms with E-state index < -0.39 is 5.63 Å². The highest BCUT2D eigenvalue weighted by Crippen LogP contribution is 2.36. The number of aromatic nitrogens is 1. The van der Waals surface area contributed by atoms with Crippen LogP contribution in [0.15, 0.2) is 88.1 Å². The normalized spacial score (nSPS) is 11.9. The monoisotopic (exact) mass is 439 g/mol. The number of halogens is 1. The van der Waals surface area contributed by atoms with E-state index in [1.165, 1.54) is 5.56 Å². The molecular formula is C28H22ClNO2. The first-order valence-electron chi connectivity index (χ1n) is 10.5. The van der Waals surface area contributed by atoms with Gasteiger partial charge in [0, 0.05) is 21.4 Å². The summed E-state index contributed by atoms with van der Waals surface area (Å²) in [6, 6.07) is 25.6. The van der Waals surface area contributed by atoms with Crippen LogP contribution < -0.4 is 5.63 Å². The minimum Gasteiger partial charge on any atom is -0.421 e. The van der Waals surface area contributed by atoms with Gasteiger partial charge in [0.25, 0.3) is 0 Å². The zero-order valence-corrected chi connectivity index (χ0v) is 18.9. The van der Waals surface area contributed by atoms with Crippen molar-refractivity contribution in [2.75, 3.05) is 0 Å².